The quantitative estimate of drug-likeness (QED) is 0.379. The Morgan fingerprint density at radius 2 is 1.86 bits per heavy atom. The highest BCUT2D eigenvalue weighted by atomic mass is 19.1. The highest BCUT2D eigenvalue weighted by molar-refractivity contribution is 6.00. The first-order valence-corrected chi connectivity index (χ1v) is 11.1. The summed E-state index contributed by atoms with van der Waals surface area (Å²) < 4.78 is 19.3. The lowest BCUT2D eigenvalue weighted by molar-refractivity contribution is -0.136. The number of methoxy groups -OCH3 is 1. The van der Waals surface area contributed by atoms with E-state index in [1.165, 1.54) is 25.3 Å². The Kier molecular flexibility index (Phi) is 7.05. The number of ether oxygens (including phenoxy) is 1. The summed E-state index contributed by atoms with van der Waals surface area (Å²) in [5, 5.41) is 22.6. The number of aromatic amines is 1. The van der Waals surface area contributed by atoms with Crippen molar-refractivity contribution in [2.24, 2.45) is 0 Å². The van der Waals surface area contributed by atoms with Crippen molar-refractivity contribution in [3.63, 3.8) is 0 Å². The normalized spacial score (nSPS) is 12.8. The number of aliphatic hydroxyl groups is 1. The Balaban J connectivity index is 1.81. The van der Waals surface area contributed by atoms with Gasteiger partial charge < -0.3 is 30.2 Å². The predicted octanol–water partition coefficient (Wildman–Crippen LogP) is 3.02. The van der Waals surface area contributed by atoms with Gasteiger partial charge in [0.1, 0.15) is 17.3 Å². The highest BCUT2D eigenvalue weighted by Crippen LogP contribution is 2.34. The number of carbonyl (C=O) groups is 2. The number of H-pyrrole nitrogens is 1. The number of nitrogens with one attached hydrogen (secondary N) is 2. The number of benzene rings is 2. The van der Waals surface area contributed by atoms with E-state index in [1.807, 2.05) is 30.3 Å². The lowest BCUT2D eigenvalue weighted by Crippen LogP contribution is -2.39. The molecule has 4 rings (SSSR count). The van der Waals surface area contributed by atoms with Crippen molar-refractivity contribution in [3.8, 4) is 16.9 Å². The van der Waals surface area contributed by atoms with Gasteiger partial charge in [-0.05, 0) is 29.8 Å². The average molecular weight is 493 g/mol. The molecule has 10 heteroatoms. The van der Waals surface area contributed by atoms with Crippen LogP contribution in [-0.2, 0) is 22.7 Å². The number of aliphatic carboxylic acids is 1. The van der Waals surface area contributed by atoms with E-state index in [4.69, 9.17) is 9.84 Å². The molecule has 1 amide bonds. The van der Waals surface area contributed by atoms with Gasteiger partial charge in [0.2, 0.25) is 0 Å². The van der Waals surface area contributed by atoms with Gasteiger partial charge in [-0.1, -0.05) is 30.3 Å². The fraction of sp³-hybridized carbons (Fsp3) is 0.192. The molecule has 9 nitrogen and oxygen atoms in total. The molecule has 0 saturated heterocycles. The third kappa shape index (κ3) is 5.07. The largest absolute Gasteiger partial charge is 0.505 e. The predicted molar refractivity (Wildman–Crippen MR) is 130 cm³/mol. The summed E-state index contributed by atoms with van der Waals surface area (Å²) in [6.07, 6.45) is -0.286. The van der Waals surface area contributed by atoms with Crippen LogP contribution in [0.3, 0.4) is 0 Å². The van der Waals surface area contributed by atoms with Crippen molar-refractivity contribution < 1.29 is 28.9 Å². The molecule has 3 aromatic rings. The molecule has 4 N–H and O–H groups in total. The van der Waals surface area contributed by atoms with Gasteiger partial charge in [0, 0.05) is 29.9 Å². The zero-order valence-corrected chi connectivity index (χ0v) is 19.4. The Hall–Kier alpha value is -4.60. The second-order valence-electron chi connectivity index (χ2n) is 8.19. The Labute approximate surface area is 205 Å². The Morgan fingerprint density at radius 1 is 1.11 bits per heavy atom. The summed E-state index contributed by atoms with van der Waals surface area (Å²) in [6, 6.07) is 14.4. The third-order valence-electron chi connectivity index (χ3n) is 5.77. The van der Waals surface area contributed by atoms with Gasteiger partial charge in [-0.2, -0.15) is 0 Å². The van der Waals surface area contributed by atoms with Crippen molar-refractivity contribution >= 4 is 17.6 Å². The molecule has 2 aromatic carbocycles. The minimum absolute atomic E-state index is 0.0544. The first-order chi connectivity index (χ1) is 17.3. The van der Waals surface area contributed by atoms with Gasteiger partial charge in [0.05, 0.1) is 25.6 Å². The molecule has 1 aliphatic rings. The van der Waals surface area contributed by atoms with Gasteiger partial charge in [0.15, 0.2) is 5.76 Å². The van der Waals surface area contributed by atoms with Crippen molar-refractivity contribution in [2.45, 2.75) is 19.5 Å². The monoisotopic (exact) mass is 493 g/mol. The fourth-order valence-electron chi connectivity index (χ4n) is 4.10. The van der Waals surface area contributed by atoms with E-state index in [2.05, 4.69) is 10.3 Å². The van der Waals surface area contributed by atoms with Gasteiger partial charge in [-0.25, -0.2) is 4.39 Å². The van der Waals surface area contributed by atoms with Gasteiger partial charge in [-0.15, -0.1) is 0 Å². The van der Waals surface area contributed by atoms with Crippen LogP contribution in [0, 0.1) is 5.82 Å². The standard InChI is InChI=1S/C26H24FN3O6/c1-36-21-8-7-16(27)11-17(21)18-12-19-20(29-25(18)34)14-30(13-15-5-3-2-4-6-15)23(24(19)33)26(35)28-10-9-22(31)32/h2-8,11-12,33H,9-10,13-14H2,1H3,(H,28,35)(H,29,34)(H,31,32). The number of carbonyl (C=O) groups excluding carboxylic acids is 1. The van der Waals surface area contributed by atoms with E-state index in [-0.39, 0.29) is 54.2 Å². The summed E-state index contributed by atoms with van der Waals surface area (Å²) in [5.41, 5.74) is 1.08. The summed E-state index contributed by atoms with van der Waals surface area (Å²) in [5.74, 6) is -2.44. The third-order valence-corrected chi connectivity index (χ3v) is 5.77. The number of carboxylic acids is 1. The average Bonchev–Trinajstić information content (AvgIpc) is 2.84. The molecule has 1 aromatic heterocycles. The van der Waals surface area contributed by atoms with E-state index in [9.17, 15) is 23.9 Å². The molecule has 0 radical (unpaired) electrons. The molecule has 1 aliphatic heterocycles. The van der Waals surface area contributed by atoms with Crippen LogP contribution in [-0.4, -0.2) is 45.6 Å². The second-order valence-corrected chi connectivity index (χ2v) is 8.19. The first kappa shape index (κ1) is 24.5. The highest BCUT2D eigenvalue weighted by Gasteiger charge is 2.31. The van der Waals surface area contributed by atoms with Gasteiger partial charge in [-0.3, -0.25) is 14.4 Å². The molecule has 0 fully saturated rings. The SMILES string of the molecule is COc1ccc(F)cc1-c1cc2c([nH]c1=O)CN(Cc1ccccc1)C(C(=O)NCCC(=O)O)=C2O. The second kappa shape index (κ2) is 10.3. The van der Waals surface area contributed by atoms with Crippen LogP contribution in [0.1, 0.15) is 23.2 Å². The zero-order chi connectivity index (χ0) is 25.8. The smallest absolute Gasteiger partial charge is 0.305 e. The summed E-state index contributed by atoms with van der Waals surface area (Å²) >= 11 is 0. The van der Waals surface area contributed by atoms with Crippen molar-refractivity contribution in [2.75, 3.05) is 13.7 Å². The van der Waals surface area contributed by atoms with Gasteiger partial charge >= 0.3 is 5.97 Å². The van der Waals surface area contributed by atoms with Crippen molar-refractivity contribution in [3.05, 3.63) is 93.3 Å². The van der Waals surface area contributed by atoms with Crippen molar-refractivity contribution in [1.29, 1.82) is 0 Å². The number of aromatic nitrogens is 1. The Morgan fingerprint density at radius 3 is 2.56 bits per heavy atom. The van der Waals surface area contributed by atoms with E-state index < -0.39 is 29.0 Å². The molecule has 0 aliphatic carbocycles. The molecule has 186 valence electrons. The number of hydrogen-bond donors (Lipinski definition) is 4. The van der Waals surface area contributed by atoms with E-state index >= 15 is 0 Å². The lowest BCUT2D eigenvalue weighted by atomic mass is 9.97. The summed E-state index contributed by atoms with van der Waals surface area (Å²) in [7, 11) is 1.39. The molecular weight excluding hydrogens is 469 g/mol. The fourth-order valence-corrected chi connectivity index (χ4v) is 4.10. The lowest BCUT2D eigenvalue weighted by Gasteiger charge is -2.32. The number of fused-ring (bicyclic) bond motifs is 1. The minimum atomic E-state index is -1.07. The topological polar surface area (TPSA) is 132 Å². The molecular formula is C26H24FN3O6. The van der Waals surface area contributed by atoms with Crippen molar-refractivity contribution in [1.82, 2.24) is 15.2 Å². The molecule has 36 heavy (non-hydrogen) atoms. The van der Waals surface area contributed by atoms with Crippen LogP contribution in [0.5, 0.6) is 5.75 Å². The molecule has 0 saturated carbocycles. The molecule has 2 heterocycles. The number of halogens is 1. The minimum Gasteiger partial charge on any atom is -0.505 e. The maximum Gasteiger partial charge on any atom is 0.305 e. The molecule has 0 unspecified atom stereocenters. The number of carboxylic acid groups (broad SMARTS) is 1. The number of aliphatic hydroxyl groups excluding tert-OH is 1. The molecule has 0 bridgehead atoms. The first-order valence-electron chi connectivity index (χ1n) is 11.1. The van der Waals surface area contributed by atoms with Crippen LogP contribution in [0.25, 0.3) is 16.9 Å². The van der Waals surface area contributed by atoms with Crippen LogP contribution in [0.2, 0.25) is 0 Å². The van der Waals surface area contributed by atoms with Crippen LogP contribution in [0.4, 0.5) is 4.39 Å². The maximum atomic E-state index is 14.0. The number of hydrogen-bond acceptors (Lipinski definition) is 6. The molecule has 0 atom stereocenters. The number of amides is 1. The van der Waals surface area contributed by atoms with Crippen LogP contribution >= 0.6 is 0 Å². The number of rotatable bonds is 8. The summed E-state index contributed by atoms with van der Waals surface area (Å²) in [4.78, 5) is 41.3. The summed E-state index contributed by atoms with van der Waals surface area (Å²) in [6.45, 7) is 0.202. The van der Waals surface area contributed by atoms with E-state index in [0.29, 0.717) is 5.69 Å². The van der Waals surface area contributed by atoms with Gasteiger partial charge in [0.25, 0.3) is 11.5 Å². The number of pyridine rings is 1. The van der Waals surface area contributed by atoms with E-state index in [1.54, 1.807) is 4.90 Å². The van der Waals surface area contributed by atoms with E-state index in [0.717, 1.165) is 11.6 Å². The van der Waals surface area contributed by atoms with Crippen LogP contribution in [0.15, 0.2) is 65.1 Å². The number of nitrogens with zero attached hydrogens (tertiary/aromatic N) is 1. The van der Waals surface area contributed by atoms with Crippen LogP contribution < -0.4 is 15.6 Å². The Bertz CT molecular complexity index is 1400. The zero-order valence-electron chi connectivity index (χ0n) is 19.4. The maximum absolute atomic E-state index is 14.0. The molecule has 0 spiro atoms.